The Morgan fingerprint density at radius 2 is 2.05 bits per heavy atom. The van der Waals surface area contributed by atoms with Crippen LogP contribution in [0.2, 0.25) is 0 Å². The average Bonchev–Trinajstić information content (AvgIpc) is 2.74. The van der Waals surface area contributed by atoms with Crippen LogP contribution in [-0.4, -0.2) is 27.6 Å². The van der Waals surface area contributed by atoms with Gasteiger partial charge in [0.05, 0.1) is 18.0 Å². The van der Waals surface area contributed by atoms with Crippen molar-refractivity contribution in [3.8, 4) is 5.69 Å². The molecule has 0 aliphatic heterocycles. The number of aromatic nitrogens is 3. The Kier molecular flexibility index (Phi) is 3.64. The summed E-state index contributed by atoms with van der Waals surface area (Å²) in [6.07, 6.45) is 0. The van der Waals surface area contributed by atoms with Gasteiger partial charge in [-0.05, 0) is 44.9 Å². The molecular weight excluding hydrogens is 242 g/mol. The molecule has 0 aliphatic carbocycles. The summed E-state index contributed by atoms with van der Waals surface area (Å²) in [5.74, 6) is -0.434. The Hall–Kier alpha value is -2.17. The van der Waals surface area contributed by atoms with Crippen LogP contribution in [0.25, 0.3) is 5.69 Å². The van der Waals surface area contributed by atoms with E-state index in [4.69, 9.17) is 4.74 Å². The molecule has 0 saturated carbocycles. The molecule has 2 aromatic rings. The van der Waals surface area contributed by atoms with Crippen LogP contribution in [0, 0.1) is 20.8 Å². The third-order valence-electron chi connectivity index (χ3n) is 2.96. The van der Waals surface area contributed by atoms with Gasteiger partial charge in [0.1, 0.15) is 0 Å². The number of hydrogen-bond donors (Lipinski definition) is 0. The van der Waals surface area contributed by atoms with E-state index in [1.165, 1.54) is 0 Å². The van der Waals surface area contributed by atoms with E-state index < -0.39 is 5.97 Å². The van der Waals surface area contributed by atoms with Crippen molar-refractivity contribution in [1.82, 2.24) is 15.0 Å². The van der Waals surface area contributed by atoms with Crippen molar-refractivity contribution in [1.29, 1.82) is 0 Å². The van der Waals surface area contributed by atoms with E-state index >= 15 is 0 Å². The fourth-order valence-corrected chi connectivity index (χ4v) is 1.89. The highest BCUT2D eigenvalue weighted by molar-refractivity contribution is 5.88. The van der Waals surface area contributed by atoms with Gasteiger partial charge in [-0.25, -0.2) is 9.48 Å². The van der Waals surface area contributed by atoms with Crippen LogP contribution in [0.5, 0.6) is 0 Å². The summed E-state index contributed by atoms with van der Waals surface area (Å²) >= 11 is 0. The number of nitrogens with zero attached hydrogens (tertiary/aromatic N) is 3. The molecule has 0 bridgehead atoms. The van der Waals surface area contributed by atoms with Gasteiger partial charge in [0, 0.05) is 0 Å². The third-order valence-corrected chi connectivity index (χ3v) is 2.96. The van der Waals surface area contributed by atoms with E-state index in [0.717, 1.165) is 16.8 Å². The Morgan fingerprint density at radius 1 is 1.32 bits per heavy atom. The number of aryl methyl sites for hydroxylation is 2. The summed E-state index contributed by atoms with van der Waals surface area (Å²) in [7, 11) is 0. The smallest absolute Gasteiger partial charge is 0.360 e. The first-order valence-electron chi connectivity index (χ1n) is 6.21. The van der Waals surface area contributed by atoms with Gasteiger partial charge in [-0.15, -0.1) is 5.10 Å². The summed E-state index contributed by atoms with van der Waals surface area (Å²) in [6.45, 7) is 7.92. The predicted molar refractivity (Wildman–Crippen MR) is 71.5 cm³/mol. The number of esters is 1. The zero-order valence-electron chi connectivity index (χ0n) is 11.6. The number of carbonyl (C=O) groups is 1. The maximum Gasteiger partial charge on any atom is 0.360 e. The van der Waals surface area contributed by atoms with Crippen molar-refractivity contribution in [2.24, 2.45) is 0 Å². The lowest BCUT2D eigenvalue weighted by Crippen LogP contribution is -2.08. The monoisotopic (exact) mass is 259 g/mol. The van der Waals surface area contributed by atoms with Gasteiger partial charge < -0.3 is 4.74 Å². The van der Waals surface area contributed by atoms with Crippen molar-refractivity contribution in [3.63, 3.8) is 0 Å². The van der Waals surface area contributed by atoms with Gasteiger partial charge in [-0.3, -0.25) is 0 Å². The van der Waals surface area contributed by atoms with Gasteiger partial charge in [0.15, 0.2) is 5.69 Å². The van der Waals surface area contributed by atoms with Gasteiger partial charge in [0.25, 0.3) is 0 Å². The molecule has 5 nitrogen and oxygen atoms in total. The molecule has 0 amide bonds. The molecule has 0 fully saturated rings. The Morgan fingerprint density at radius 3 is 2.74 bits per heavy atom. The maximum atomic E-state index is 11.7. The van der Waals surface area contributed by atoms with Crippen molar-refractivity contribution in [3.05, 3.63) is 40.7 Å². The molecule has 5 heteroatoms. The van der Waals surface area contributed by atoms with Crippen molar-refractivity contribution in [2.45, 2.75) is 27.7 Å². The number of ether oxygens (including phenoxy) is 1. The zero-order chi connectivity index (χ0) is 14.0. The van der Waals surface area contributed by atoms with E-state index in [1.807, 2.05) is 39.0 Å². The highest BCUT2D eigenvalue weighted by atomic mass is 16.5. The van der Waals surface area contributed by atoms with Gasteiger partial charge in [0.2, 0.25) is 0 Å². The van der Waals surface area contributed by atoms with Crippen molar-refractivity contribution < 1.29 is 9.53 Å². The van der Waals surface area contributed by atoms with Crippen LogP contribution in [0.3, 0.4) is 0 Å². The average molecular weight is 259 g/mol. The Labute approximate surface area is 112 Å². The van der Waals surface area contributed by atoms with Crippen molar-refractivity contribution in [2.75, 3.05) is 6.61 Å². The lowest BCUT2D eigenvalue weighted by atomic mass is 10.1. The summed E-state index contributed by atoms with van der Waals surface area (Å²) in [5, 5.41) is 7.98. The molecule has 0 atom stereocenters. The Balaban J connectivity index is 2.47. The van der Waals surface area contributed by atoms with Gasteiger partial charge >= 0.3 is 5.97 Å². The first kappa shape index (κ1) is 13.3. The standard InChI is InChI=1S/C14H17N3O2/c1-5-19-14(18)13-11(4)17(16-15-13)12-8-9(2)6-7-10(12)3/h6-8H,5H2,1-4H3. The predicted octanol–water partition coefficient (Wildman–Crippen LogP) is 2.37. The van der Waals surface area contributed by atoms with Crippen molar-refractivity contribution >= 4 is 5.97 Å². The number of rotatable bonds is 3. The fourth-order valence-electron chi connectivity index (χ4n) is 1.89. The van der Waals surface area contributed by atoms with Crippen LogP contribution in [-0.2, 0) is 4.74 Å². The van der Waals surface area contributed by atoms with Crippen LogP contribution < -0.4 is 0 Å². The minimum Gasteiger partial charge on any atom is -0.461 e. The maximum absolute atomic E-state index is 11.7. The molecule has 1 aromatic carbocycles. The largest absolute Gasteiger partial charge is 0.461 e. The number of hydrogen-bond acceptors (Lipinski definition) is 4. The molecule has 2 rings (SSSR count). The van der Waals surface area contributed by atoms with Crippen LogP contribution >= 0.6 is 0 Å². The first-order chi connectivity index (χ1) is 9.04. The molecule has 0 aliphatic rings. The summed E-state index contributed by atoms with van der Waals surface area (Å²) in [6, 6.07) is 6.08. The summed E-state index contributed by atoms with van der Waals surface area (Å²) in [4.78, 5) is 11.7. The number of carbonyl (C=O) groups excluding carboxylic acids is 1. The molecule has 19 heavy (non-hydrogen) atoms. The van der Waals surface area contributed by atoms with Crippen LogP contribution in [0.15, 0.2) is 18.2 Å². The first-order valence-corrected chi connectivity index (χ1v) is 6.21. The third kappa shape index (κ3) is 2.50. The summed E-state index contributed by atoms with van der Waals surface area (Å²) < 4.78 is 6.63. The Bertz CT molecular complexity index is 617. The van der Waals surface area contributed by atoms with E-state index in [-0.39, 0.29) is 5.69 Å². The van der Waals surface area contributed by atoms with E-state index in [1.54, 1.807) is 11.6 Å². The SMILES string of the molecule is CCOC(=O)c1nnn(-c2cc(C)ccc2C)c1C. The van der Waals surface area contributed by atoms with Gasteiger partial charge in [-0.1, -0.05) is 17.3 Å². The summed E-state index contributed by atoms with van der Waals surface area (Å²) in [5.41, 5.74) is 4.10. The van der Waals surface area contributed by atoms with Gasteiger partial charge in [-0.2, -0.15) is 0 Å². The minimum atomic E-state index is -0.434. The molecular formula is C14H17N3O2. The van der Waals surface area contributed by atoms with E-state index in [0.29, 0.717) is 12.3 Å². The minimum absolute atomic E-state index is 0.266. The second-order valence-electron chi connectivity index (χ2n) is 4.45. The lowest BCUT2D eigenvalue weighted by molar-refractivity contribution is 0.0518. The second-order valence-corrected chi connectivity index (χ2v) is 4.45. The van der Waals surface area contributed by atoms with E-state index in [9.17, 15) is 4.79 Å². The molecule has 0 radical (unpaired) electrons. The van der Waals surface area contributed by atoms with Crippen LogP contribution in [0.4, 0.5) is 0 Å². The van der Waals surface area contributed by atoms with Crippen LogP contribution in [0.1, 0.15) is 34.2 Å². The highest BCUT2D eigenvalue weighted by Crippen LogP contribution is 2.18. The molecule has 0 N–H and O–H groups in total. The molecule has 0 unspecified atom stereocenters. The number of benzene rings is 1. The second kappa shape index (κ2) is 5.22. The molecule has 0 saturated heterocycles. The molecule has 1 aromatic heterocycles. The normalized spacial score (nSPS) is 10.5. The lowest BCUT2D eigenvalue weighted by Gasteiger charge is -2.08. The molecule has 1 heterocycles. The quantitative estimate of drug-likeness (QED) is 0.794. The zero-order valence-corrected chi connectivity index (χ0v) is 11.6. The fraction of sp³-hybridized carbons (Fsp3) is 0.357. The van der Waals surface area contributed by atoms with E-state index in [2.05, 4.69) is 10.3 Å². The molecule has 100 valence electrons. The highest BCUT2D eigenvalue weighted by Gasteiger charge is 2.18. The molecule has 0 spiro atoms. The topological polar surface area (TPSA) is 57.0 Å².